The van der Waals surface area contributed by atoms with Crippen molar-refractivity contribution < 1.29 is 8.96 Å². The molecule has 0 unspecified atom stereocenters. The molecule has 0 amide bonds. The molecule has 0 saturated carbocycles. The number of hydrogen-bond donors (Lipinski definition) is 1. The SMILES string of the molecule is Cc1ccc(C)c(Nc2c(Cl)c(C)nc3cc(F)c(-c4ccc(P(C)(C)=O)nc4)nc23)c1. The maximum absolute atomic E-state index is 15.0. The molecule has 1 N–H and O–H groups in total. The maximum Gasteiger partial charge on any atom is 0.151 e. The number of pyridine rings is 3. The Hall–Kier alpha value is -2.82. The van der Waals surface area contributed by atoms with Crippen molar-refractivity contribution in [2.24, 2.45) is 0 Å². The van der Waals surface area contributed by atoms with Crippen molar-refractivity contribution in [1.29, 1.82) is 0 Å². The van der Waals surface area contributed by atoms with E-state index < -0.39 is 13.0 Å². The van der Waals surface area contributed by atoms with Gasteiger partial charge in [0.15, 0.2) is 5.82 Å². The first-order chi connectivity index (χ1) is 15.0. The van der Waals surface area contributed by atoms with Crippen molar-refractivity contribution in [1.82, 2.24) is 15.0 Å². The Morgan fingerprint density at radius 2 is 1.78 bits per heavy atom. The minimum atomic E-state index is -2.51. The molecule has 0 aliphatic rings. The van der Waals surface area contributed by atoms with Crippen LogP contribution in [0.15, 0.2) is 42.6 Å². The molecular formula is C24H23ClFN4OP. The summed E-state index contributed by atoms with van der Waals surface area (Å²) in [6.07, 6.45) is 1.49. The summed E-state index contributed by atoms with van der Waals surface area (Å²) >= 11 is 6.62. The first kappa shape index (κ1) is 22.4. The Morgan fingerprint density at radius 1 is 1.03 bits per heavy atom. The molecule has 0 fully saturated rings. The minimum Gasteiger partial charge on any atom is -0.352 e. The third-order valence-corrected chi connectivity index (χ3v) is 7.07. The number of fused-ring (bicyclic) bond motifs is 1. The summed E-state index contributed by atoms with van der Waals surface area (Å²) in [5.41, 5.74) is 6.13. The summed E-state index contributed by atoms with van der Waals surface area (Å²) in [5, 5.41) is 3.81. The van der Waals surface area contributed by atoms with Crippen LogP contribution in [-0.4, -0.2) is 28.3 Å². The van der Waals surface area contributed by atoms with Crippen molar-refractivity contribution in [3.8, 4) is 11.3 Å². The van der Waals surface area contributed by atoms with Crippen molar-refractivity contribution in [2.45, 2.75) is 20.8 Å². The van der Waals surface area contributed by atoms with Gasteiger partial charge in [-0.15, -0.1) is 0 Å². The molecule has 5 nitrogen and oxygen atoms in total. The normalized spacial score (nSPS) is 11.7. The summed E-state index contributed by atoms with van der Waals surface area (Å²) in [6.45, 7) is 9.07. The number of rotatable bonds is 4. The van der Waals surface area contributed by atoms with Gasteiger partial charge in [-0.1, -0.05) is 23.7 Å². The van der Waals surface area contributed by atoms with Gasteiger partial charge in [-0.25, -0.2) is 14.4 Å². The minimum absolute atomic E-state index is 0.129. The van der Waals surface area contributed by atoms with Crippen LogP contribution in [0, 0.1) is 26.6 Å². The summed E-state index contributed by atoms with van der Waals surface area (Å²) in [4.78, 5) is 13.3. The Morgan fingerprint density at radius 3 is 2.44 bits per heavy atom. The van der Waals surface area contributed by atoms with Crippen LogP contribution in [0.3, 0.4) is 0 Å². The lowest BCUT2D eigenvalue weighted by Gasteiger charge is -2.16. The molecule has 0 radical (unpaired) electrons. The van der Waals surface area contributed by atoms with Crippen LogP contribution in [0.2, 0.25) is 5.02 Å². The van der Waals surface area contributed by atoms with E-state index in [-0.39, 0.29) is 5.69 Å². The van der Waals surface area contributed by atoms with Gasteiger partial charge in [0.1, 0.15) is 18.4 Å². The van der Waals surface area contributed by atoms with E-state index in [1.54, 1.807) is 32.4 Å². The zero-order valence-electron chi connectivity index (χ0n) is 18.5. The van der Waals surface area contributed by atoms with E-state index in [1.165, 1.54) is 12.3 Å². The third kappa shape index (κ3) is 4.25. The topological polar surface area (TPSA) is 67.8 Å². The van der Waals surface area contributed by atoms with Crippen LogP contribution < -0.4 is 10.8 Å². The van der Waals surface area contributed by atoms with Crippen LogP contribution in [0.1, 0.15) is 16.8 Å². The molecule has 3 aromatic heterocycles. The van der Waals surface area contributed by atoms with Crippen LogP contribution in [0.4, 0.5) is 15.8 Å². The number of halogens is 2. The van der Waals surface area contributed by atoms with Gasteiger partial charge in [0.25, 0.3) is 0 Å². The highest BCUT2D eigenvalue weighted by Crippen LogP contribution is 2.37. The average molecular weight is 469 g/mol. The number of hydrogen-bond acceptors (Lipinski definition) is 5. The second kappa shape index (κ2) is 8.27. The highest BCUT2D eigenvalue weighted by Gasteiger charge is 2.19. The molecule has 164 valence electrons. The lowest BCUT2D eigenvalue weighted by atomic mass is 10.1. The van der Waals surface area contributed by atoms with Crippen LogP contribution in [0.5, 0.6) is 0 Å². The van der Waals surface area contributed by atoms with Crippen molar-refractivity contribution in [3.63, 3.8) is 0 Å². The van der Waals surface area contributed by atoms with E-state index >= 15 is 4.39 Å². The van der Waals surface area contributed by atoms with Gasteiger partial charge in [-0.3, -0.25) is 4.98 Å². The van der Waals surface area contributed by atoms with E-state index in [1.807, 2.05) is 32.0 Å². The van der Waals surface area contributed by atoms with Crippen LogP contribution in [0.25, 0.3) is 22.3 Å². The lowest BCUT2D eigenvalue weighted by Crippen LogP contribution is -2.08. The van der Waals surface area contributed by atoms with Gasteiger partial charge < -0.3 is 9.88 Å². The summed E-state index contributed by atoms with van der Waals surface area (Å²) < 4.78 is 27.3. The second-order valence-corrected chi connectivity index (χ2v) is 11.8. The molecule has 32 heavy (non-hydrogen) atoms. The number of benzene rings is 1. The molecular weight excluding hydrogens is 446 g/mol. The van der Waals surface area contributed by atoms with Crippen molar-refractivity contribution in [3.05, 3.63) is 70.3 Å². The molecule has 4 rings (SSSR count). The molecule has 8 heteroatoms. The Balaban J connectivity index is 1.90. The van der Waals surface area contributed by atoms with Crippen LogP contribution >= 0.6 is 18.7 Å². The van der Waals surface area contributed by atoms with Gasteiger partial charge in [0, 0.05) is 23.5 Å². The van der Waals surface area contributed by atoms with Gasteiger partial charge >= 0.3 is 0 Å². The smallest absolute Gasteiger partial charge is 0.151 e. The fourth-order valence-corrected chi connectivity index (χ4v) is 4.38. The summed E-state index contributed by atoms with van der Waals surface area (Å²) in [5.74, 6) is -0.518. The number of aromatic nitrogens is 3. The largest absolute Gasteiger partial charge is 0.352 e. The van der Waals surface area contributed by atoms with Crippen LogP contribution in [-0.2, 0) is 4.57 Å². The molecule has 0 atom stereocenters. The fraction of sp³-hybridized carbons (Fsp3) is 0.208. The Labute approximate surface area is 191 Å². The Kier molecular flexibility index (Phi) is 5.78. The quantitative estimate of drug-likeness (QED) is 0.351. The molecule has 0 bridgehead atoms. The number of nitrogens with zero attached hydrogens (tertiary/aromatic N) is 3. The monoisotopic (exact) mass is 468 g/mol. The number of aryl methyl sites for hydroxylation is 3. The molecule has 0 aliphatic heterocycles. The van der Waals surface area contributed by atoms with Gasteiger partial charge in [-0.2, -0.15) is 0 Å². The van der Waals surface area contributed by atoms with E-state index in [9.17, 15) is 4.57 Å². The maximum atomic E-state index is 15.0. The number of anilines is 2. The lowest BCUT2D eigenvalue weighted by molar-refractivity contribution is 0.588. The van der Waals surface area contributed by atoms with E-state index in [0.29, 0.717) is 38.4 Å². The molecule has 0 aliphatic carbocycles. The zero-order valence-corrected chi connectivity index (χ0v) is 20.1. The van der Waals surface area contributed by atoms with E-state index in [2.05, 4.69) is 20.3 Å². The second-order valence-electron chi connectivity index (χ2n) is 8.27. The molecule has 4 aromatic rings. The first-order valence-corrected chi connectivity index (χ1v) is 13.0. The molecule has 0 saturated heterocycles. The predicted octanol–water partition coefficient (Wildman–Crippen LogP) is 6.40. The number of nitrogens with one attached hydrogen (secondary N) is 1. The van der Waals surface area contributed by atoms with Crippen molar-refractivity contribution >= 4 is 46.6 Å². The van der Waals surface area contributed by atoms with Crippen molar-refractivity contribution in [2.75, 3.05) is 18.6 Å². The molecule has 1 aromatic carbocycles. The summed E-state index contributed by atoms with van der Waals surface area (Å²) in [7, 11) is -2.51. The first-order valence-electron chi connectivity index (χ1n) is 10.1. The third-order valence-electron chi connectivity index (χ3n) is 5.24. The highest BCUT2D eigenvalue weighted by molar-refractivity contribution is 7.69. The summed E-state index contributed by atoms with van der Waals surface area (Å²) in [6, 6.07) is 10.8. The molecule has 3 heterocycles. The standard InChI is InChI=1S/C24H23ClFN4OP/c1-13-6-7-14(2)18(10-13)29-24-21(25)15(3)28-19-11-17(26)22(30-23(19)24)16-8-9-20(27-12-16)32(4,5)31/h6-12H,1-5H3,(H,28,29). The predicted molar refractivity (Wildman–Crippen MR) is 131 cm³/mol. The average Bonchev–Trinajstić information content (AvgIpc) is 2.73. The van der Waals surface area contributed by atoms with Gasteiger partial charge in [0.05, 0.1) is 27.4 Å². The van der Waals surface area contributed by atoms with E-state index in [0.717, 1.165) is 16.8 Å². The highest BCUT2D eigenvalue weighted by atomic mass is 35.5. The Bertz CT molecular complexity index is 1400. The zero-order chi connectivity index (χ0) is 23.2. The molecule has 0 spiro atoms. The van der Waals surface area contributed by atoms with Gasteiger partial charge in [-0.05, 0) is 63.4 Å². The van der Waals surface area contributed by atoms with Gasteiger partial charge in [0.2, 0.25) is 0 Å². The van der Waals surface area contributed by atoms with E-state index in [4.69, 9.17) is 11.6 Å². The fourth-order valence-electron chi connectivity index (χ4n) is 3.43.